The Labute approximate surface area is 139 Å². The number of aromatic nitrogens is 2. The lowest BCUT2D eigenvalue weighted by molar-refractivity contribution is -0.134. The van der Waals surface area contributed by atoms with Crippen molar-refractivity contribution >= 4 is 23.5 Å². The number of carboxylic acids is 1. The highest BCUT2D eigenvalue weighted by atomic mass is 35.5. The number of carboxylic acid groups (broad SMARTS) is 1. The summed E-state index contributed by atoms with van der Waals surface area (Å²) < 4.78 is 0. The van der Waals surface area contributed by atoms with Crippen molar-refractivity contribution in [2.24, 2.45) is 0 Å². The van der Waals surface area contributed by atoms with Gasteiger partial charge in [0.05, 0.1) is 0 Å². The highest BCUT2D eigenvalue weighted by Gasteiger charge is 2.18. The highest BCUT2D eigenvalue weighted by molar-refractivity contribution is 6.31. The van der Waals surface area contributed by atoms with Crippen molar-refractivity contribution in [2.75, 3.05) is 18.4 Å². The van der Waals surface area contributed by atoms with Crippen molar-refractivity contribution in [1.29, 1.82) is 0 Å². The second-order valence-corrected chi connectivity index (χ2v) is 5.91. The molecule has 2 N–H and O–H groups in total. The first-order chi connectivity index (χ1) is 11.1. The monoisotopic (exact) mass is 332 g/mol. The molecular weight excluding hydrogens is 316 g/mol. The molecule has 23 heavy (non-hydrogen) atoms. The zero-order valence-electron chi connectivity index (χ0n) is 12.5. The van der Waals surface area contributed by atoms with Crippen molar-refractivity contribution in [2.45, 2.75) is 19.5 Å². The van der Waals surface area contributed by atoms with Crippen LogP contribution in [0, 0.1) is 0 Å². The number of aliphatic carboxylic acids is 1. The van der Waals surface area contributed by atoms with Crippen LogP contribution in [0.5, 0.6) is 0 Å². The predicted octanol–water partition coefficient (Wildman–Crippen LogP) is 2.18. The van der Waals surface area contributed by atoms with Crippen molar-refractivity contribution in [1.82, 2.24) is 14.9 Å². The van der Waals surface area contributed by atoms with E-state index < -0.39 is 5.97 Å². The van der Waals surface area contributed by atoms with Gasteiger partial charge in [-0.2, -0.15) is 0 Å². The van der Waals surface area contributed by atoms with Gasteiger partial charge >= 0.3 is 5.97 Å². The van der Waals surface area contributed by atoms with E-state index in [4.69, 9.17) is 16.7 Å². The highest BCUT2D eigenvalue weighted by Crippen LogP contribution is 2.26. The zero-order valence-corrected chi connectivity index (χ0v) is 13.3. The fourth-order valence-electron chi connectivity index (χ4n) is 2.70. The minimum atomic E-state index is -0.941. The summed E-state index contributed by atoms with van der Waals surface area (Å²) in [5.41, 5.74) is 3.51. The molecule has 1 aromatic carbocycles. The SMILES string of the molecule is O=C(O)CNc1ncc(CN2CCc3c(Cl)cccc3C2)cn1. The zero-order chi connectivity index (χ0) is 16.2. The summed E-state index contributed by atoms with van der Waals surface area (Å²) in [5.74, 6) is -0.616. The molecule has 2 heterocycles. The maximum Gasteiger partial charge on any atom is 0.322 e. The second kappa shape index (κ2) is 6.93. The number of benzene rings is 1. The second-order valence-electron chi connectivity index (χ2n) is 5.50. The van der Waals surface area contributed by atoms with Gasteiger partial charge in [-0.15, -0.1) is 0 Å². The Morgan fingerprint density at radius 1 is 1.35 bits per heavy atom. The lowest BCUT2D eigenvalue weighted by Gasteiger charge is -2.29. The number of nitrogens with zero attached hydrogens (tertiary/aromatic N) is 3. The van der Waals surface area contributed by atoms with Crippen LogP contribution in [0.2, 0.25) is 5.02 Å². The van der Waals surface area contributed by atoms with Gasteiger partial charge in [0.2, 0.25) is 5.95 Å². The number of halogens is 1. The molecule has 0 bridgehead atoms. The molecule has 0 unspecified atom stereocenters. The van der Waals surface area contributed by atoms with Crippen LogP contribution < -0.4 is 5.32 Å². The predicted molar refractivity (Wildman–Crippen MR) is 87.4 cm³/mol. The number of hydrogen-bond donors (Lipinski definition) is 2. The van der Waals surface area contributed by atoms with Gasteiger partial charge in [-0.1, -0.05) is 23.7 Å². The maximum absolute atomic E-state index is 10.5. The van der Waals surface area contributed by atoms with Crippen LogP contribution in [0.1, 0.15) is 16.7 Å². The Morgan fingerprint density at radius 3 is 2.87 bits per heavy atom. The van der Waals surface area contributed by atoms with E-state index >= 15 is 0 Å². The number of anilines is 1. The minimum absolute atomic E-state index is 0.191. The Bertz CT molecular complexity index is 706. The van der Waals surface area contributed by atoms with Crippen LogP contribution >= 0.6 is 11.6 Å². The first kappa shape index (κ1) is 15.7. The van der Waals surface area contributed by atoms with E-state index in [1.54, 1.807) is 12.4 Å². The first-order valence-corrected chi connectivity index (χ1v) is 7.75. The van der Waals surface area contributed by atoms with E-state index in [2.05, 4.69) is 26.3 Å². The quantitative estimate of drug-likeness (QED) is 0.874. The average Bonchev–Trinajstić information content (AvgIpc) is 2.54. The van der Waals surface area contributed by atoms with Gasteiger partial charge in [0.25, 0.3) is 0 Å². The maximum atomic E-state index is 10.5. The molecule has 0 atom stereocenters. The van der Waals surface area contributed by atoms with E-state index in [1.165, 1.54) is 11.1 Å². The third-order valence-corrected chi connectivity index (χ3v) is 4.15. The van der Waals surface area contributed by atoms with E-state index in [-0.39, 0.29) is 6.54 Å². The lowest BCUT2D eigenvalue weighted by atomic mass is 9.99. The number of hydrogen-bond acceptors (Lipinski definition) is 5. The number of nitrogens with one attached hydrogen (secondary N) is 1. The molecule has 0 saturated carbocycles. The summed E-state index contributed by atoms with van der Waals surface area (Å²) in [5, 5.41) is 12.1. The van der Waals surface area contributed by atoms with Crippen molar-refractivity contribution in [3.8, 4) is 0 Å². The summed E-state index contributed by atoms with van der Waals surface area (Å²) in [4.78, 5) is 21.1. The molecule has 0 spiro atoms. The first-order valence-electron chi connectivity index (χ1n) is 7.37. The molecule has 7 heteroatoms. The van der Waals surface area contributed by atoms with Crippen LogP contribution in [0.15, 0.2) is 30.6 Å². The van der Waals surface area contributed by atoms with Crippen molar-refractivity contribution in [3.05, 3.63) is 52.3 Å². The summed E-state index contributed by atoms with van der Waals surface area (Å²) in [7, 11) is 0. The van der Waals surface area contributed by atoms with Gasteiger partial charge in [-0.25, -0.2) is 9.97 Å². The molecular formula is C16H17ClN4O2. The topological polar surface area (TPSA) is 78.3 Å². The van der Waals surface area contributed by atoms with Crippen LogP contribution in [0.25, 0.3) is 0 Å². The van der Waals surface area contributed by atoms with Crippen LogP contribution in [0.3, 0.4) is 0 Å². The molecule has 0 aliphatic carbocycles. The Morgan fingerprint density at radius 2 is 2.13 bits per heavy atom. The summed E-state index contributed by atoms with van der Waals surface area (Å²) >= 11 is 6.23. The van der Waals surface area contributed by atoms with Crippen LogP contribution in [-0.4, -0.2) is 39.0 Å². The molecule has 0 amide bonds. The van der Waals surface area contributed by atoms with E-state index in [0.717, 1.165) is 36.6 Å². The van der Waals surface area contributed by atoms with Crippen molar-refractivity contribution < 1.29 is 9.90 Å². The summed E-state index contributed by atoms with van der Waals surface area (Å²) in [6, 6.07) is 6.03. The normalized spacial score (nSPS) is 14.3. The molecule has 6 nitrogen and oxygen atoms in total. The Hall–Kier alpha value is -2.18. The summed E-state index contributed by atoms with van der Waals surface area (Å²) in [6.07, 6.45) is 4.39. The fourth-order valence-corrected chi connectivity index (χ4v) is 2.99. The smallest absolute Gasteiger partial charge is 0.322 e. The van der Waals surface area contributed by atoms with Crippen molar-refractivity contribution in [3.63, 3.8) is 0 Å². The van der Waals surface area contributed by atoms with E-state index in [1.807, 2.05) is 12.1 Å². The number of carbonyl (C=O) groups is 1. The molecule has 1 aliphatic heterocycles. The molecule has 120 valence electrons. The molecule has 0 radical (unpaired) electrons. The largest absolute Gasteiger partial charge is 0.480 e. The molecule has 1 aromatic heterocycles. The van der Waals surface area contributed by atoms with Gasteiger partial charge in [-0.3, -0.25) is 9.69 Å². The van der Waals surface area contributed by atoms with Crippen LogP contribution in [-0.2, 0) is 24.3 Å². The van der Waals surface area contributed by atoms with Gasteiger partial charge < -0.3 is 10.4 Å². The van der Waals surface area contributed by atoms with Crippen LogP contribution in [0.4, 0.5) is 5.95 Å². The Balaban J connectivity index is 1.61. The van der Waals surface area contributed by atoms with Gasteiger partial charge in [0.1, 0.15) is 6.54 Å². The Kier molecular flexibility index (Phi) is 4.73. The van der Waals surface area contributed by atoms with Gasteiger partial charge in [0, 0.05) is 42.6 Å². The third-order valence-electron chi connectivity index (χ3n) is 3.80. The third kappa shape index (κ3) is 3.97. The molecule has 2 aromatic rings. The molecule has 0 fully saturated rings. The average molecular weight is 333 g/mol. The lowest BCUT2D eigenvalue weighted by Crippen LogP contribution is -2.30. The minimum Gasteiger partial charge on any atom is -0.480 e. The van der Waals surface area contributed by atoms with E-state index in [0.29, 0.717) is 5.95 Å². The van der Waals surface area contributed by atoms with Gasteiger partial charge in [-0.05, 0) is 23.6 Å². The number of fused-ring (bicyclic) bond motifs is 1. The molecule has 3 rings (SSSR count). The number of rotatable bonds is 5. The van der Waals surface area contributed by atoms with Gasteiger partial charge in [0.15, 0.2) is 0 Å². The fraction of sp³-hybridized carbons (Fsp3) is 0.312. The molecule has 0 saturated heterocycles. The molecule has 1 aliphatic rings. The standard InChI is InChI=1S/C16H17ClN4O2/c17-14-3-1-2-12-10-21(5-4-13(12)14)9-11-6-18-16(19-7-11)20-8-15(22)23/h1-3,6-7H,4-5,8-10H2,(H,22,23)(H,18,19,20). The van der Waals surface area contributed by atoms with E-state index in [9.17, 15) is 4.79 Å². The summed E-state index contributed by atoms with van der Waals surface area (Å²) in [6.45, 7) is 2.36.